The molecule has 5 nitrogen and oxygen atoms in total. The standard InChI is InChI=1S/C12H14F2N4O/c1-19-6-5-15-7-9-8-18(17-16-9)12-10(13)3-2-4-11(12)14/h2-4,8,15H,5-7H2,1H3. The molecule has 1 aromatic heterocycles. The van der Waals surface area contributed by atoms with Crippen molar-refractivity contribution in [2.45, 2.75) is 6.54 Å². The Kier molecular flexibility index (Phi) is 4.53. The number of para-hydroxylation sites is 1. The monoisotopic (exact) mass is 268 g/mol. The minimum Gasteiger partial charge on any atom is -0.383 e. The molecule has 2 aromatic rings. The van der Waals surface area contributed by atoms with Crippen molar-refractivity contribution in [2.75, 3.05) is 20.3 Å². The first-order chi connectivity index (χ1) is 9.22. The maximum absolute atomic E-state index is 13.5. The van der Waals surface area contributed by atoms with Crippen LogP contribution in [0.1, 0.15) is 5.69 Å². The molecule has 0 saturated carbocycles. The van der Waals surface area contributed by atoms with E-state index in [1.807, 2.05) is 0 Å². The van der Waals surface area contributed by atoms with E-state index < -0.39 is 11.6 Å². The van der Waals surface area contributed by atoms with E-state index in [0.29, 0.717) is 25.4 Å². The summed E-state index contributed by atoms with van der Waals surface area (Å²) in [6.07, 6.45) is 1.49. The summed E-state index contributed by atoms with van der Waals surface area (Å²) in [5.74, 6) is -1.35. The number of aromatic nitrogens is 3. The highest BCUT2D eigenvalue weighted by atomic mass is 19.1. The van der Waals surface area contributed by atoms with Gasteiger partial charge in [-0.2, -0.15) is 0 Å². The lowest BCUT2D eigenvalue weighted by atomic mass is 10.3. The van der Waals surface area contributed by atoms with Crippen molar-refractivity contribution in [3.8, 4) is 5.69 Å². The highest BCUT2D eigenvalue weighted by molar-refractivity contribution is 5.34. The van der Waals surface area contributed by atoms with Gasteiger partial charge in [-0.25, -0.2) is 13.5 Å². The third-order valence-corrected chi connectivity index (χ3v) is 2.50. The number of benzene rings is 1. The number of ether oxygens (including phenoxy) is 1. The highest BCUT2D eigenvalue weighted by Crippen LogP contribution is 2.16. The van der Waals surface area contributed by atoms with Gasteiger partial charge in [0.05, 0.1) is 18.5 Å². The van der Waals surface area contributed by atoms with Gasteiger partial charge < -0.3 is 10.1 Å². The first kappa shape index (κ1) is 13.6. The number of hydrogen-bond donors (Lipinski definition) is 1. The van der Waals surface area contributed by atoms with Crippen molar-refractivity contribution in [2.24, 2.45) is 0 Å². The molecule has 1 N–H and O–H groups in total. The van der Waals surface area contributed by atoms with Crippen molar-refractivity contribution in [1.29, 1.82) is 0 Å². The van der Waals surface area contributed by atoms with Crippen molar-refractivity contribution in [3.63, 3.8) is 0 Å². The molecule has 1 heterocycles. The number of halogens is 2. The Morgan fingerprint density at radius 1 is 1.32 bits per heavy atom. The summed E-state index contributed by atoms with van der Waals surface area (Å²) in [7, 11) is 1.61. The third-order valence-electron chi connectivity index (χ3n) is 2.50. The van der Waals surface area contributed by atoms with Crippen LogP contribution in [-0.2, 0) is 11.3 Å². The van der Waals surface area contributed by atoms with Crippen LogP contribution in [0.4, 0.5) is 8.78 Å². The Labute approximate surface area is 109 Å². The SMILES string of the molecule is COCCNCc1cn(-c2c(F)cccc2F)nn1. The Bertz CT molecular complexity index is 524. The van der Waals surface area contributed by atoms with Gasteiger partial charge in [0.1, 0.15) is 5.69 Å². The molecule has 0 spiro atoms. The second-order valence-electron chi connectivity index (χ2n) is 3.89. The van der Waals surface area contributed by atoms with Crippen LogP contribution in [0.5, 0.6) is 0 Å². The molecule has 0 aliphatic rings. The molecule has 0 radical (unpaired) electrons. The zero-order valence-corrected chi connectivity index (χ0v) is 10.4. The van der Waals surface area contributed by atoms with E-state index in [4.69, 9.17) is 4.74 Å². The van der Waals surface area contributed by atoms with E-state index in [2.05, 4.69) is 15.6 Å². The minimum absolute atomic E-state index is 0.224. The predicted octanol–water partition coefficient (Wildman–Crippen LogP) is 1.28. The molecular formula is C12H14F2N4O. The molecule has 0 unspecified atom stereocenters. The van der Waals surface area contributed by atoms with Gasteiger partial charge in [-0.1, -0.05) is 11.3 Å². The predicted molar refractivity (Wildman–Crippen MR) is 64.9 cm³/mol. The van der Waals surface area contributed by atoms with E-state index in [-0.39, 0.29) is 5.69 Å². The van der Waals surface area contributed by atoms with Crippen LogP contribution in [-0.4, -0.2) is 35.3 Å². The summed E-state index contributed by atoms with van der Waals surface area (Å²) in [5.41, 5.74) is 0.372. The van der Waals surface area contributed by atoms with Gasteiger partial charge in [0, 0.05) is 20.2 Å². The largest absolute Gasteiger partial charge is 0.383 e. The number of methoxy groups -OCH3 is 1. The number of nitrogens with one attached hydrogen (secondary N) is 1. The molecule has 2 rings (SSSR count). The van der Waals surface area contributed by atoms with Gasteiger partial charge in [-0.3, -0.25) is 0 Å². The van der Waals surface area contributed by atoms with E-state index in [0.717, 1.165) is 4.68 Å². The van der Waals surface area contributed by atoms with Gasteiger partial charge in [-0.05, 0) is 12.1 Å². The molecule has 0 amide bonds. The zero-order valence-electron chi connectivity index (χ0n) is 10.4. The molecule has 19 heavy (non-hydrogen) atoms. The fourth-order valence-corrected chi connectivity index (χ4v) is 1.59. The maximum atomic E-state index is 13.5. The molecule has 0 aliphatic carbocycles. The molecule has 0 aliphatic heterocycles. The first-order valence-electron chi connectivity index (χ1n) is 5.77. The summed E-state index contributed by atoms with van der Waals surface area (Å²) >= 11 is 0. The molecule has 0 fully saturated rings. The molecule has 102 valence electrons. The fraction of sp³-hybridized carbons (Fsp3) is 0.333. The minimum atomic E-state index is -0.677. The summed E-state index contributed by atoms with van der Waals surface area (Å²) in [4.78, 5) is 0. The van der Waals surface area contributed by atoms with Gasteiger partial charge in [0.15, 0.2) is 11.6 Å². The van der Waals surface area contributed by atoms with Crippen LogP contribution in [0, 0.1) is 11.6 Å². The molecule has 1 aromatic carbocycles. The molecule has 0 saturated heterocycles. The second-order valence-corrected chi connectivity index (χ2v) is 3.89. The Hall–Kier alpha value is -1.86. The van der Waals surface area contributed by atoms with Gasteiger partial charge >= 0.3 is 0 Å². The maximum Gasteiger partial charge on any atom is 0.151 e. The topological polar surface area (TPSA) is 52.0 Å². The number of nitrogens with zero attached hydrogens (tertiary/aromatic N) is 3. The average Bonchev–Trinajstić information content (AvgIpc) is 2.83. The van der Waals surface area contributed by atoms with Crippen LogP contribution >= 0.6 is 0 Å². The molecule has 7 heteroatoms. The average molecular weight is 268 g/mol. The lowest BCUT2D eigenvalue weighted by Gasteiger charge is -2.03. The van der Waals surface area contributed by atoms with E-state index in [1.54, 1.807) is 7.11 Å². The fourth-order valence-electron chi connectivity index (χ4n) is 1.59. The van der Waals surface area contributed by atoms with E-state index in [1.165, 1.54) is 24.4 Å². The van der Waals surface area contributed by atoms with Crippen molar-refractivity contribution in [3.05, 3.63) is 41.7 Å². The smallest absolute Gasteiger partial charge is 0.151 e. The van der Waals surface area contributed by atoms with Crippen LogP contribution in [0.25, 0.3) is 5.69 Å². The van der Waals surface area contributed by atoms with Crippen molar-refractivity contribution >= 4 is 0 Å². The summed E-state index contributed by atoms with van der Waals surface area (Å²) in [6.45, 7) is 1.70. The molecule has 0 atom stereocenters. The van der Waals surface area contributed by atoms with Gasteiger partial charge in [-0.15, -0.1) is 5.10 Å². The molecular weight excluding hydrogens is 254 g/mol. The van der Waals surface area contributed by atoms with Crippen LogP contribution in [0.15, 0.2) is 24.4 Å². The van der Waals surface area contributed by atoms with Crippen LogP contribution < -0.4 is 5.32 Å². The van der Waals surface area contributed by atoms with Gasteiger partial charge in [0.2, 0.25) is 0 Å². The normalized spacial score (nSPS) is 10.9. The Balaban J connectivity index is 2.08. The quantitative estimate of drug-likeness (QED) is 0.802. The second kappa shape index (κ2) is 6.35. The summed E-state index contributed by atoms with van der Waals surface area (Å²) in [6, 6.07) is 3.66. The first-order valence-corrected chi connectivity index (χ1v) is 5.77. The number of hydrogen-bond acceptors (Lipinski definition) is 4. The third kappa shape index (κ3) is 3.33. The van der Waals surface area contributed by atoms with Crippen molar-refractivity contribution < 1.29 is 13.5 Å². The Morgan fingerprint density at radius 2 is 2.05 bits per heavy atom. The van der Waals surface area contributed by atoms with Crippen molar-refractivity contribution in [1.82, 2.24) is 20.3 Å². The van der Waals surface area contributed by atoms with Gasteiger partial charge in [0.25, 0.3) is 0 Å². The molecule has 0 bridgehead atoms. The summed E-state index contributed by atoms with van der Waals surface area (Å²) in [5, 5.41) is 10.6. The number of rotatable bonds is 6. The lowest BCUT2D eigenvalue weighted by Crippen LogP contribution is -2.18. The van der Waals surface area contributed by atoms with Crippen LogP contribution in [0.3, 0.4) is 0 Å². The zero-order chi connectivity index (χ0) is 13.7. The summed E-state index contributed by atoms with van der Waals surface area (Å²) < 4.78 is 33.1. The highest BCUT2D eigenvalue weighted by Gasteiger charge is 2.12. The Morgan fingerprint density at radius 3 is 2.74 bits per heavy atom. The van der Waals surface area contributed by atoms with E-state index >= 15 is 0 Å². The van der Waals surface area contributed by atoms with E-state index in [9.17, 15) is 8.78 Å². The van der Waals surface area contributed by atoms with Crippen LogP contribution in [0.2, 0.25) is 0 Å². The lowest BCUT2D eigenvalue weighted by molar-refractivity contribution is 0.199.